The number of phenols is 1. The molecule has 2 aromatic carbocycles. The Hall–Kier alpha value is -1.96. The third kappa shape index (κ3) is 3.63. The van der Waals surface area contributed by atoms with E-state index in [0.717, 1.165) is 0 Å². The SMILES string of the molecule is Nc1ccccc1O.c1ccccc1. The van der Waals surface area contributed by atoms with Crippen molar-refractivity contribution in [1.29, 1.82) is 0 Å². The van der Waals surface area contributed by atoms with Gasteiger partial charge in [0.15, 0.2) is 0 Å². The van der Waals surface area contributed by atoms with Crippen molar-refractivity contribution in [2.75, 3.05) is 5.73 Å². The minimum atomic E-state index is 0.146. The number of rotatable bonds is 0. The molecule has 0 saturated carbocycles. The Balaban J connectivity index is 0.000000146. The second-order valence-electron chi connectivity index (χ2n) is 2.71. The van der Waals surface area contributed by atoms with Crippen LogP contribution in [0.3, 0.4) is 0 Å². The van der Waals surface area contributed by atoms with Crippen molar-refractivity contribution in [2.24, 2.45) is 0 Å². The maximum Gasteiger partial charge on any atom is 0.138 e. The highest BCUT2D eigenvalue weighted by atomic mass is 16.3. The second-order valence-corrected chi connectivity index (χ2v) is 2.71. The highest BCUT2D eigenvalue weighted by Gasteiger charge is 1.87. The first kappa shape index (κ1) is 10.1. The Morgan fingerprint density at radius 3 is 1.43 bits per heavy atom. The van der Waals surface area contributed by atoms with Gasteiger partial charge >= 0.3 is 0 Å². The van der Waals surface area contributed by atoms with Crippen LogP contribution in [0.4, 0.5) is 5.69 Å². The fraction of sp³-hybridized carbons (Fsp3) is 0. The minimum Gasteiger partial charge on any atom is -0.506 e. The lowest BCUT2D eigenvalue weighted by Gasteiger charge is -1.92. The Morgan fingerprint density at radius 1 is 0.714 bits per heavy atom. The summed E-state index contributed by atoms with van der Waals surface area (Å²) in [7, 11) is 0. The number of para-hydroxylation sites is 2. The topological polar surface area (TPSA) is 46.2 Å². The average molecular weight is 187 g/mol. The summed E-state index contributed by atoms with van der Waals surface area (Å²) in [6.07, 6.45) is 0. The van der Waals surface area contributed by atoms with E-state index in [4.69, 9.17) is 10.8 Å². The van der Waals surface area contributed by atoms with Crippen molar-refractivity contribution in [3.63, 3.8) is 0 Å². The summed E-state index contributed by atoms with van der Waals surface area (Å²) < 4.78 is 0. The van der Waals surface area contributed by atoms with E-state index in [1.165, 1.54) is 0 Å². The summed E-state index contributed by atoms with van der Waals surface area (Å²) in [4.78, 5) is 0. The molecule has 0 unspecified atom stereocenters. The van der Waals surface area contributed by atoms with E-state index in [1.54, 1.807) is 24.3 Å². The third-order valence-electron chi connectivity index (χ3n) is 1.60. The fourth-order valence-corrected chi connectivity index (χ4v) is 0.872. The van der Waals surface area contributed by atoms with Crippen molar-refractivity contribution in [2.45, 2.75) is 0 Å². The molecule has 2 rings (SSSR count). The van der Waals surface area contributed by atoms with Crippen LogP contribution in [0.25, 0.3) is 0 Å². The number of phenolic OH excluding ortho intramolecular Hbond substituents is 1. The van der Waals surface area contributed by atoms with Gasteiger partial charge in [-0.3, -0.25) is 0 Å². The van der Waals surface area contributed by atoms with Crippen LogP contribution in [-0.4, -0.2) is 5.11 Å². The molecule has 2 nitrogen and oxygen atoms in total. The number of hydrogen-bond acceptors (Lipinski definition) is 2. The molecular formula is C12H13NO. The minimum absolute atomic E-state index is 0.146. The molecule has 0 bridgehead atoms. The van der Waals surface area contributed by atoms with Gasteiger partial charge in [-0.15, -0.1) is 0 Å². The van der Waals surface area contributed by atoms with Crippen molar-refractivity contribution in [3.8, 4) is 5.75 Å². The smallest absolute Gasteiger partial charge is 0.138 e. The van der Waals surface area contributed by atoms with Gasteiger partial charge in [0, 0.05) is 0 Å². The van der Waals surface area contributed by atoms with Crippen LogP contribution < -0.4 is 5.73 Å². The summed E-state index contributed by atoms with van der Waals surface area (Å²) in [5.41, 5.74) is 5.69. The number of aromatic hydroxyl groups is 1. The highest BCUT2D eigenvalue weighted by Crippen LogP contribution is 2.16. The van der Waals surface area contributed by atoms with E-state index in [2.05, 4.69) is 0 Å². The summed E-state index contributed by atoms with van der Waals surface area (Å²) in [6, 6.07) is 18.7. The summed E-state index contributed by atoms with van der Waals surface area (Å²) in [5, 5.41) is 8.79. The summed E-state index contributed by atoms with van der Waals surface area (Å²) in [6.45, 7) is 0. The molecule has 0 aliphatic heterocycles. The zero-order valence-corrected chi connectivity index (χ0v) is 7.80. The van der Waals surface area contributed by atoms with Gasteiger partial charge in [-0.2, -0.15) is 0 Å². The molecule has 14 heavy (non-hydrogen) atoms. The van der Waals surface area contributed by atoms with Crippen LogP contribution in [0.2, 0.25) is 0 Å². The maximum absolute atomic E-state index is 8.79. The highest BCUT2D eigenvalue weighted by molar-refractivity contribution is 5.50. The van der Waals surface area contributed by atoms with Crippen LogP contribution in [-0.2, 0) is 0 Å². The van der Waals surface area contributed by atoms with E-state index in [0.29, 0.717) is 5.69 Å². The number of nitrogens with two attached hydrogens (primary N) is 1. The van der Waals surface area contributed by atoms with Crippen molar-refractivity contribution in [3.05, 3.63) is 60.7 Å². The number of anilines is 1. The van der Waals surface area contributed by atoms with Gasteiger partial charge in [-0.1, -0.05) is 48.5 Å². The van der Waals surface area contributed by atoms with Crippen molar-refractivity contribution >= 4 is 5.69 Å². The normalized spacial score (nSPS) is 8.57. The van der Waals surface area contributed by atoms with Crippen LogP contribution in [0.1, 0.15) is 0 Å². The average Bonchev–Trinajstić information content (AvgIpc) is 2.26. The molecule has 0 saturated heterocycles. The molecule has 0 spiro atoms. The van der Waals surface area contributed by atoms with E-state index in [1.807, 2.05) is 36.4 Å². The molecule has 0 fully saturated rings. The van der Waals surface area contributed by atoms with Crippen molar-refractivity contribution in [1.82, 2.24) is 0 Å². The van der Waals surface area contributed by atoms with E-state index < -0.39 is 0 Å². The largest absolute Gasteiger partial charge is 0.506 e. The number of nitrogen functional groups attached to an aromatic ring is 1. The van der Waals surface area contributed by atoms with E-state index in [9.17, 15) is 0 Å². The first-order chi connectivity index (χ1) is 6.80. The standard InChI is InChI=1S/C6H7NO.C6H6/c7-5-3-1-2-4-6(5)8;1-2-4-6-5-3-1/h1-4,8H,7H2;1-6H. The Bertz CT molecular complexity index is 312. The maximum atomic E-state index is 8.79. The molecule has 72 valence electrons. The lowest BCUT2D eigenvalue weighted by Crippen LogP contribution is -1.82. The third-order valence-corrected chi connectivity index (χ3v) is 1.60. The van der Waals surface area contributed by atoms with Gasteiger partial charge in [-0.25, -0.2) is 0 Å². The van der Waals surface area contributed by atoms with Crippen LogP contribution >= 0.6 is 0 Å². The van der Waals surface area contributed by atoms with Gasteiger partial charge in [0.1, 0.15) is 5.75 Å². The molecule has 0 atom stereocenters. The number of hydrogen-bond donors (Lipinski definition) is 2. The Morgan fingerprint density at radius 2 is 1.14 bits per heavy atom. The Labute approximate surface area is 83.6 Å². The fourth-order valence-electron chi connectivity index (χ4n) is 0.872. The first-order valence-electron chi connectivity index (χ1n) is 4.34. The van der Waals surface area contributed by atoms with Crippen LogP contribution in [0.5, 0.6) is 5.75 Å². The number of benzene rings is 2. The zero-order valence-electron chi connectivity index (χ0n) is 7.80. The van der Waals surface area contributed by atoms with E-state index in [-0.39, 0.29) is 5.75 Å². The predicted molar refractivity (Wildman–Crippen MR) is 59.0 cm³/mol. The predicted octanol–water partition coefficient (Wildman–Crippen LogP) is 2.66. The van der Waals surface area contributed by atoms with Gasteiger partial charge in [0.2, 0.25) is 0 Å². The molecule has 0 aliphatic carbocycles. The van der Waals surface area contributed by atoms with Crippen LogP contribution in [0.15, 0.2) is 60.7 Å². The monoisotopic (exact) mass is 187 g/mol. The lowest BCUT2D eigenvalue weighted by atomic mass is 10.3. The second kappa shape index (κ2) is 5.65. The molecule has 2 heteroatoms. The van der Waals surface area contributed by atoms with Crippen molar-refractivity contribution < 1.29 is 5.11 Å². The Kier molecular flexibility index (Phi) is 4.08. The molecule has 0 radical (unpaired) electrons. The molecule has 0 heterocycles. The molecule has 2 aromatic rings. The quantitative estimate of drug-likeness (QED) is 0.492. The summed E-state index contributed by atoms with van der Waals surface area (Å²) in [5.74, 6) is 0.146. The van der Waals surface area contributed by atoms with E-state index >= 15 is 0 Å². The van der Waals surface area contributed by atoms with Crippen LogP contribution in [0, 0.1) is 0 Å². The summed E-state index contributed by atoms with van der Waals surface area (Å²) >= 11 is 0. The lowest BCUT2D eigenvalue weighted by molar-refractivity contribution is 0.478. The molecule has 0 amide bonds. The van der Waals surface area contributed by atoms with Gasteiger partial charge in [0.25, 0.3) is 0 Å². The first-order valence-corrected chi connectivity index (χ1v) is 4.34. The molecular weight excluding hydrogens is 174 g/mol. The molecule has 3 N–H and O–H groups in total. The van der Waals surface area contributed by atoms with Gasteiger partial charge in [0.05, 0.1) is 5.69 Å². The zero-order chi connectivity index (χ0) is 10.2. The molecule has 0 aromatic heterocycles. The van der Waals surface area contributed by atoms with Gasteiger partial charge in [-0.05, 0) is 12.1 Å². The molecule has 0 aliphatic rings. The van der Waals surface area contributed by atoms with Gasteiger partial charge < -0.3 is 10.8 Å².